The van der Waals surface area contributed by atoms with Gasteiger partial charge in [-0.2, -0.15) is 0 Å². The first kappa shape index (κ1) is 11.1. The SMILES string of the molecule is Cc1ccc(N(O)C2CCCCC2=O)cc1. The van der Waals surface area contributed by atoms with Crippen molar-refractivity contribution in [1.82, 2.24) is 0 Å². The standard InChI is InChI=1S/C13H17NO2/c1-10-6-8-11(9-7-10)14(16)12-4-2-3-5-13(12)15/h6-9,12,16H,2-5H2,1H3. The van der Waals surface area contributed by atoms with Gasteiger partial charge in [0.15, 0.2) is 5.78 Å². The van der Waals surface area contributed by atoms with Crippen LogP contribution in [0.1, 0.15) is 31.2 Å². The third-order valence-corrected chi connectivity index (χ3v) is 3.12. The van der Waals surface area contributed by atoms with Gasteiger partial charge in [-0.15, -0.1) is 0 Å². The minimum absolute atomic E-state index is 0.148. The molecule has 0 heterocycles. The van der Waals surface area contributed by atoms with Gasteiger partial charge in [0.05, 0.1) is 5.69 Å². The second-order valence-corrected chi connectivity index (χ2v) is 4.41. The highest BCUT2D eigenvalue weighted by Gasteiger charge is 2.27. The summed E-state index contributed by atoms with van der Waals surface area (Å²) < 4.78 is 0. The summed E-state index contributed by atoms with van der Waals surface area (Å²) in [6.45, 7) is 2.00. The number of nitrogens with zero attached hydrogens (tertiary/aromatic N) is 1. The molecule has 86 valence electrons. The third kappa shape index (κ3) is 2.25. The van der Waals surface area contributed by atoms with Crippen LogP contribution >= 0.6 is 0 Å². The van der Waals surface area contributed by atoms with Crippen LogP contribution in [-0.2, 0) is 4.79 Å². The van der Waals surface area contributed by atoms with Crippen molar-refractivity contribution in [2.45, 2.75) is 38.6 Å². The zero-order valence-corrected chi connectivity index (χ0v) is 9.52. The zero-order valence-electron chi connectivity index (χ0n) is 9.52. The number of Topliss-reactive ketones (excluding diaryl/α,β-unsaturated/α-hetero) is 1. The Morgan fingerprint density at radius 2 is 1.94 bits per heavy atom. The quantitative estimate of drug-likeness (QED) is 0.777. The molecule has 1 atom stereocenters. The smallest absolute Gasteiger partial charge is 0.157 e. The van der Waals surface area contributed by atoms with E-state index < -0.39 is 0 Å². The monoisotopic (exact) mass is 219 g/mol. The Morgan fingerprint density at radius 3 is 2.56 bits per heavy atom. The van der Waals surface area contributed by atoms with Crippen LogP contribution in [-0.4, -0.2) is 17.0 Å². The predicted molar refractivity (Wildman–Crippen MR) is 62.7 cm³/mol. The molecular weight excluding hydrogens is 202 g/mol. The average Bonchev–Trinajstić information content (AvgIpc) is 2.30. The van der Waals surface area contributed by atoms with Gasteiger partial charge < -0.3 is 0 Å². The van der Waals surface area contributed by atoms with Crippen LogP contribution in [0, 0.1) is 6.92 Å². The van der Waals surface area contributed by atoms with E-state index in [1.165, 1.54) is 0 Å². The Labute approximate surface area is 95.6 Å². The number of ketones is 1. The maximum absolute atomic E-state index is 11.7. The number of hydrogen-bond acceptors (Lipinski definition) is 3. The van der Waals surface area contributed by atoms with Crippen molar-refractivity contribution >= 4 is 11.5 Å². The van der Waals surface area contributed by atoms with E-state index in [0.717, 1.165) is 29.9 Å². The first-order valence-corrected chi connectivity index (χ1v) is 5.76. The summed E-state index contributed by atoms with van der Waals surface area (Å²) >= 11 is 0. The number of anilines is 1. The van der Waals surface area contributed by atoms with Crippen LogP contribution in [0.3, 0.4) is 0 Å². The van der Waals surface area contributed by atoms with Crippen LogP contribution in [0.2, 0.25) is 0 Å². The Balaban J connectivity index is 2.14. The molecule has 0 spiro atoms. The Kier molecular flexibility index (Phi) is 3.25. The summed E-state index contributed by atoms with van der Waals surface area (Å²) in [6, 6.07) is 7.21. The maximum Gasteiger partial charge on any atom is 0.157 e. The largest absolute Gasteiger partial charge is 0.297 e. The van der Waals surface area contributed by atoms with E-state index in [2.05, 4.69) is 0 Å². The third-order valence-electron chi connectivity index (χ3n) is 3.12. The van der Waals surface area contributed by atoms with Crippen molar-refractivity contribution in [2.75, 3.05) is 5.06 Å². The molecular formula is C13H17NO2. The molecule has 1 fully saturated rings. The molecule has 0 radical (unpaired) electrons. The van der Waals surface area contributed by atoms with Crippen molar-refractivity contribution in [1.29, 1.82) is 0 Å². The number of carbonyl (C=O) groups is 1. The molecule has 0 aromatic heterocycles. The summed E-state index contributed by atoms with van der Waals surface area (Å²) in [4.78, 5) is 11.7. The average molecular weight is 219 g/mol. The second-order valence-electron chi connectivity index (χ2n) is 4.41. The maximum atomic E-state index is 11.7. The number of benzene rings is 1. The van der Waals surface area contributed by atoms with Crippen LogP contribution in [0.15, 0.2) is 24.3 Å². The molecule has 1 aromatic rings. The topological polar surface area (TPSA) is 40.5 Å². The molecule has 1 saturated carbocycles. The fourth-order valence-electron chi connectivity index (χ4n) is 2.10. The summed E-state index contributed by atoms with van der Waals surface area (Å²) in [5.74, 6) is 0.148. The van der Waals surface area contributed by atoms with Gasteiger partial charge in [0.2, 0.25) is 0 Å². The Hall–Kier alpha value is -1.35. The molecule has 1 unspecified atom stereocenters. The molecule has 1 aliphatic rings. The highest BCUT2D eigenvalue weighted by molar-refractivity contribution is 5.87. The number of carbonyl (C=O) groups excluding carboxylic acids is 1. The van der Waals surface area contributed by atoms with E-state index in [1.54, 1.807) is 0 Å². The van der Waals surface area contributed by atoms with Crippen LogP contribution in [0.5, 0.6) is 0 Å². The fraction of sp³-hybridized carbons (Fsp3) is 0.462. The van der Waals surface area contributed by atoms with Gasteiger partial charge in [-0.25, -0.2) is 5.06 Å². The number of rotatable bonds is 2. The van der Waals surface area contributed by atoms with Crippen LogP contribution < -0.4 is 5.06 Å². The lowest BCUT2D eigenvalue weighted by Crippen LogP contribution is -2.40. The van der Waals surface area contributed by atoms with Crippen molar-refractivity contribution in [3.8, 4) is 0 Å². The number of aryl methyl sites for hydroxylation is 1. The predicted octanol–water partition coefficient (Wildman–Crippen LogP) is 2.70. The Morgan fingerprint density at radius 1 is 1.25 bits per heavy atom. The first-order valence-electron chi connectivity index (χ1n) is 5.76. The minimum Gasteiger partial charge on any atom is -0.297 e. The number of hydrogen-bond donors (Lipinski definition) is 1. The summed E-state index contributed by atoms with van der Waals surface area (Å²) in [6.07, 6.45) is 3.31. The van der Waals surface area contributed by atoms with Crippen molar-refractivity contribution < 1.29 is 10.0 Å². The highest BCUT2D eigenvalue weighted by atomic mass is 16.5. The number of hydroxylamine groups is 1. The van der Waals surface area contributed by atoms with Gasteiger partial charge in [-0.1, -0.05) is 24.1 Å². The van der Waals surface area contributed by atoms with Gasteiger partial charge in [-0.3, -0.25) is 10.0 Å². The first-order chi connectivity index (χ1) is 7.68. The lowest BCUT2D eigenvalue weighted by atomic mass is 9.93. The van der Waals surface area contributed by atoms with E-state index >= 15 is 0 Å². The molecule has 0 amide bonds. The molecule has 1 N–H and O–H groups in total. The molecule has 3 heteroatoms. The molecule has 1 aliphatic carbocycles. The van der Waals surface area contributed by atoms with E-state index in [-0.39, 0.29) is 11.8 Å². The molecule has 0 aliphatic heterocycles. The molecule has 16 heavy (non-hydrogen) atoms. The fourth-order valence-corrected chi connectivity index (χ4v) is 2.10. The van der Waals surface area contributed by atoms with Gasteiger partial charge in [0, 0.05) is 6.42 Å². The lowest BCUT2D eigenvalue weighted by Gasteiger charge is -2.29. The van der Waals surface area contributed by atoms with Gasteiger partial charge in [-0.05, 0) is 31.9 Å². The summed E-state index contributed by atoms with van der Waals surface area (Å²) in [5, 5.41) is 11.1. The van der Waals surface area contributed by atoms with E-state index in [0.29, 0.717) is 12.1 Å². The van der Waals surface area contributed by atoms with E-state index in [9.17, 15) is 10.0 Å². The van der Waals surface area contributed by atoms with Gasteiger partial charge in [0.25, 0.3) is 0 Å². The summed E-state index contributed by atoms with van der Waals surface area (Å²) in [7, 11) is 0. The Bertz CT molecular complexity index is 372. The second kappa shape index (κ2) is 4.66. The van der Waals surface area contributed by atoms with Crippen molar-refractivity contribution in [3.05, 3.63) is 29.8 Å². The molecule has 2 rings (SSSR count). The van der Waals surface area contributed by atoms with Crippen LogP contribution in [0.25, 0.3) is 0 Å². The molecule has 1 aromatic carbocycles. The lowest BCUT2D eigenvalue weighted by molar-refractivity contribution is -0.123. The summed E-state index contributed by atoms with van der Waals surface area (Å²) in [5.41, 5.74) is 1.85. The van der Waals surface area contributed by atoms with Crippen LogP contribution in [0.4, 0.5) is 5.69 Å². The van der Waals surface area contributed by atoms with E-state index in [1.807, 2.05) is 31.2 Å². The minimum atomic E-state index is -0.351. The molecule has 0 saturated heterocycles. The van der Waals surface area contributed by atoms with Gasteiger partial charge in [0.1, 0.15) is 6.04 Å². The van der Waals surface area contributed by atoms with Crippen molar-refractivity contribution in [2.24, 2.45) is 0 Å². The van der Waals surface area contributed by atoms with E-state index in [4.69, 9.17) is 0 Å². The zero-order chi connectivity index (χ0) is 11.5. The molecule has 3 nitrogen and oxygen atoms in total. The normalized spacial score (nSPS) is 20.9. The molecule has 0 bridgehead atoms. The van der Waals surface area contributed by atoms with Gasteiger partial charge >= 0.3 is 0 Å². The van der Waals surface area contributed by atoms with Crippen molar-refractivity contribution in [3.63, 3.8) is 0 Å². The highest BCUT2D eigenvalue weighted by Crippen LogP contribution is 2.23.